The van der Waals surface area contributed by atoms with Crippen molar-refractivity contribution in [2.75, 3.05) is 30.3 Å². The first kappa shape index (κ1) is 27.1. The number of sulfonamides is 1. The second-order valence-electron chi connectivity index (χ2n) is 7.29. The van der Waals surface area contributed by atoms with E-state index in [2.05, 4.69) is 5.32 Å². The lowest BCUT2D eigenvalue weighted by molar-refractivity contribution is -0.119. The van der Waals surface area contributed by atoms with Crippen molar-refractivity contribution in [3.05, 3.63) is 88.2 Å². The molecule has 0 bridgehead atoms. The van der Waals surface area contributed by atoms with Crippen molar-refractivity contribution in [1.29, 1.82) is 0 Å². The zero-order valence-corrected chi connectivity index (χ0v) is 21.9. The molecule has 0 radical (unpaired) electrons. The molecule has 3 aromatic rings. The van der Waals surface area contributed by atoms with Gasteiger partial charge in [-0.1, -0.05) is 41.4 Å². The average molecular weight is 557 g/mol. The normalized spacial score (nSPS) is 11.2. The van der Waals surface area contributed by atoms with Crippen molar-refractivity contribution in [3.8, 4) is 5.75 Å². The van der Waals surface area contributed by atoms with Gasteiger partial charge in [-0.25, -0.2) is 12.8 Å². The number of para-hydroxylation sites is 1. The Bertz CT molecular complexity index is 1270. The summed E-state index contributed by atoms with van der Waals surface area (Å²) in [4.78, 5) is 12.5. The molecule has 6 nitrogen and oxygen atoms in total. The van der Waals surface area contributed by atoms with Crippen LogP contribution in [0, 0.1) is 5.82 Å². The first-order valence-corrected chi connectivity index (χ1v) is 13.8. The summed E-state index contributed by atoms with van der Waals surface area (Å²) in [6, 6.07) is 16.5. The van der Waals surface area contributed by atoms with Crippen molar-refractivity contribution in [1.82, 2.24) is 5.32 Å². The van der Waals surface area contributed by atoms with Gasteiger partial charge in [0.15, 0.2) is 0 Å². The monoisotopic (exact) mass is 556 g/mol. The van der Waals surface area contributed by atoms with Gasteiger partial charge in [0, 0.05) is 18.1 Å². The molecule has 0 aromatic heterocycles. The predicted octanol–water partition coefficient (Wildman–Crippen LogP) is 5.39. The maximum Gasteiger partial charge on any atom is 0.264 e. The van der Waals surface area contributed by atoms with Crippen LogP contribution in [0.25, 0.3) is 0 Å². The molecule has 0 saturated heterocycles. The van der Waals surface area contributed by atoms with E-state index < -0.39 is 28.3 Å². The van der Waals surface area contributed by atoms with E-state index in [-0.39, 0.29) is 10.6 Å². The summed E-state index contributed by atoms with van der Waals surface area (Å²) < 4.78 is 47.0. The van der Waals surface area contributed by atoms with E-state index in [1.165, 1.54) is 49.6 Å². The van der Waals surface area contributed by atoms with E-state index in [0.717, 1.165) is 15.9 Å². The van der Waals surface area contributed by atoms with Gasteiger partial charge in [0.1, 0.15) is 18.1 Å². The molecule has 1 amide bonds. The molecule has 0 fully saturated rings. The number of anilines is 1. The second-order valence-corrected chi connectivity index (χ2v) is 11.1. The predicted molar refractivity (Wildman–Crippen MR) is 140 cm³/mol. The van der Waals surface area contributed by atoms with Gasteiger partial charge in [0.05, 0.1) is 27.7 Å². The van der Waals surface area contributed by atoms with Crippen LogP contribution >= 0.6 is 35.0 Å². The molecule has 186 valence electrons. The SMILES string of the molecule is COc1ccc(S(=O)(=O)N(CC(=O)NCCSCc2ccc(Cl)c(Cl)c2)c2ccccc2F)cc1. The smallest absolute Gasteiger partial charge is 0.264 e. The summed E-state index contributed by atoms with van der Waals surface area (Å²) in [6.07, 6.45) is 0. The lowest BCUT2D eigenvalue weighted by atomic mass is 10.2. The van der Waals surface area contributed by atoms with Gasteiger partial charge < -0.3 is 10.1 Å². The minimum atomic E-state index is -4.23. The summed E-state index contributed by atoms with van der Waals surface area (Å²) in [5.41, 5.74) is 0.777. The molecule has 35 heavy (non-hydrogen) atoms. The van der Waals surface area contributed by atoms with E-state index in [0.29, 0.717) is 33.8 Å². The van der Waals surface area contributed by atoms with Crippen LogP contribution < -0.4 is 14.4 Å². The number of hydrogen-bond donors (Lipinski definition) is 1. The highest BCUT2D eigenvalue weighted by atomic mass is 35.5. The molecular weight excluding hydrogens is 534 g/mol. The highest BCUT2D eigenvalue weighted by Gasteiger charge is 2.29. The number of methoxy groups -OCH3 is 1. The number of nitrogens with zero attached hydrogens (tertiary/aromatic N) is 1. The summed E-state index contributed by atoms with van der Waals surface area (Å²) in [7, 11) is -2.77. The van der Waals surface area contributed by atoms with Gasteiger partial charge in [-0.2, -0.15) is 11.8 Å². The van der Waals surface area contributed by atoms with Gasteiger partial charge in [-0.15, -0.1) is 0 Å². The number of carbonyl (C=O) groups is 1. The third-order valence-corrected chi connectivity index (χ3v) is 8.42. The molecule has 0 unspecified atom stereocenters. The second kappa shape index (κ2) is 12.5. The number of halogens is 3. The molecule has 0 aliphatic heterocycles. The van der Waals surface area contributed by atoms with Crippen LogP contribution in [0.15, 0.2) is 71.6 Å². The van der Waals surface area contributed by atoms with E-state index in [1.54, 1.807) is 23.9 Å². The molecule has 0 saturated carbocycles. The Hall–Kier alpha value is -2.46. The van der Waals surface area contributed by atoms with Crippen molar-refractivity contribution in [2.45, 2.75) is 10.6 Å². The van der Waals surface area contributed by atoms with E-state index in [4.69, 9.17) is 27.9 Å². The van der Waals surface area contributed by atoms with E-state index in [1.807, 2.05) is 6.07 Å². The number of nitrogens with one attached hydrogen (secondary N) is 1. The van der Waals surface area contributed by atoms with Crippen molar-refractivity contribution in [2.24, 2.45) is 0 Å². The highest BCUT2D eigenvalue weighted by molar-refractivity contribution is 7.98. The average Bonchev–Trinajstić information content (AvgIpc) is 2.85. The topological polar surface area (TPSA) is 75.7 Å². The molecule has 0 aliphatic rings. The minimum absolute atomic E-state index is 0.0912. The van der Waals surface area contributed by atoms with Crippen LogP contribution in [0.5, 0.6) is 5.75 Å². The molecule has 0 aliphatic carbocycles. The van der Waals surface area contributed by atoms with Gasteiger partial charge in [0.25, 0.3) is 10.0 Å². The number of amides is 1. The van der Waals surface area contributed by atoms with Gasteiger partial charge in [-0.05, 0) is 54.1 Å². The fourth-order valence-electron chi connectivity index (χ4n) is 3.10. The zero-order valence-electron chi connectivity index (χ0n) is 18.7. The number of hydrogen-bond acceptors (Lipinski definition) is 5. The van der Waals surface area contributed by atoms with Crippen LogP contribution in [0.3, 0.4) is 0 Å². The molecular formula is C24H23Cl2FN2O4S2. The Balaban J connectivity index is 1.65. The number of ether oxygens (including phenoxy) is 1. The standard InChI is InChI=1S/C24H23Cl2FN2O4S2/c1-33-18-7-9-19(10-8-18)35(31,32)29(23-5-3-2-4-22(23)27)15-24(30)28-12-13-34-16-17-6-11-20(25)21(26)14-17/h2-11,14H,12-13,15-16H2,1H3,(H,28,30). The molecule has 0 atom stereocenters. The number of carbonyl (C=O) groups excluding carboxylic acids is 1. The number of benzene rings is 3. The highest BCUT2D eigenvalue weighted by Crippen LogP contribution is 2.27. The Morgan fingerprint density at radius 2 is 1.77 bits per heavy atom. The molecule has 0 heterocycles. The van der Waals surface area contributed by atoms with Crippen LogP contribution in [0.4, 0.5) is 10.1 Å². The maximum absolute atomic E-state index is 14.5. The molecule has 3 aromatic carbocycles. The first-order chi connectivity index (χ1) is 16.7. The van der Waals surface area contributed by atoms with Crippen LogP contribution in [0.2, 0.25) is 10.0 Å². The largest absolute Gasteiger partial charge is 0.497 e. The van der Waals surface area contributed by atoms with E-state index >= 15 is 0 Å². The Labute approximate surface area is 218 Å². The van der Waals surface area contributed by atoms with E-state index in [9.17, 15) is 17.6 Å². The minimum Gasteiger partial charge on any atom is -0.497 e. The molecule has 3 rings (SSSR count). The molecule has 1 N–H and O–H groups in total. The third kappa shape index (κ3) is 7.27. The zero-order chi connectivity index (χ0) is 25.4. The summed E-state index contributed by atoms with van der Waals surface area (Å²) in [5, 5.41) is 3.65. The Morgan fingerprint density at radius 1 is 1.06 bits per heavy atom. The van der Waals surface area contributed by atoms with Gasteiger partial charge >= 0.3 is 0 Å². The molecule has 11 heteroatoms. The lowest BCUT2D eigenvalue weighted by Gasteiger charge is -2.24. The first-order valence-electron chi connectivity index (χ1n) is 10.4. The Morgan fingerprint density at radius 3 is 2.43 bits per heavy atom. The van der Waals surface area contributed by atoms with Crippen LogP contribution in [0.1, 0.15) is 5.56 Å². The van der Waals surface area contributed by atoms with Gasteiger partial charge in [-0.3, -0.25) is 9.10 Å². The number of thioether (sulfide) groups is 1. The maximum atomic E-state index is 14.5. The molecule has 0 spiro atoms. The van der Waals surface area contributed by atoms with Crippen LogP contribution in [-0.2, 0) is 20.6 Å². The quantitative estimate of drug-likeness (QED) is 0.320. The summed E-state index contributed by atoms with van der Waals surface area (Å²) in [6.45, 7) is -0.273. The summed E-state index contributed by atoms with van der Waals surface area (Å²) in [5.74, 6) is 0.407. The Kier molecular flexibility index (Phi) is 9.68. The third-order valence-electron chi connectivity index (χ3n) is 4.88. The van der Waals surface area contributed by atoms with Crippen LogP contribution in [-0.4, -0.2) is 40.3 Å². The fourth-order valence-corrected chi connectivity index (χ4v) is 5.65. The van der Waals surface area contributed by atoms with Crippen molar-refractivity contribution in [3.63, 3.8) is 0 Å². The number of rotatable bonds is 11. The van der Waals surface area contributed by atoms with Crippen molar-refractivity contribution >= 4 is 56.6 Å². The summed E-state index contributed by atoms with van der Waals surface area (Å²) >= 11 is 13.5. The lowest BCUT2D eigenvalue weighted by Crippen LogP contribution is -2.41. The fraction of sp³-hybridized carbons (Fsp3) is 0.208. The van der Waals surface area contributed by atoms with Crippen molar-refractivity contribution < 1.29 is 22.3 Å². The van der Waals surface area contributed by atoms with Gasteiger partial charge in [0.2, 0.25) is 5.91 Å².